The molecule has 114 valence electrons. The van der Waals surface area contributed by atoms with Crippen LogP contribution in [-0.2, 0) is 0 Å². The number of benzene rings is 1. The normalized spacial score (nSPS) is 33.1. The molecule has 0 aliphatic heterocycles. The van der Waals surface area contributed by atoms with E-state index in [-0.39, 0.29) is 17.4 Å². The van der Waals surface area contributed by atoms with Crippen LogP contribution in [-0.4, -0.2) is 11.9 Å². The Morgan fingerprint density at radius 3 is 2.57 bits per heavy atom. The van der Waals surface area contributed by atoms with Crippen molar-refractivity contribution in [3.8, 4) is 0 Å². The summed E-state index contributed by atoms with van der Waals surface area (Å²) < 4.78 is 0. The Hall–Kier alpha value is -1.51. The molecule has 0 radical (unpaired) electrons. The number of fused-ring (bicyclic) bond motifs is 2. The fourth-order valence-corrected chi connectivity index (χ4v) is 4.45. The van der Waals surface area contributed by atoms with E-state index in [0.29, 0.717) is 16.7 Å². The van der Waals surface area contributed by atoms with Crippen LogP contribution in [0.5, 0.6) is 0 Å². The molecule has 1 aromatic rings. The number of nitrogens with two attached hydrogens (primary N) is 1. The largest absolute Gasteiger partial charge is 0.398 e. The predicted molar refractivity (Wildman–Crippen MR) is 86.1 cm³/mol. The lowest BCUT2D eigenvalue weighted by Gasteiger charge is -2.39. The highest BCUT2D eigenvalue weighted by Crippen LogP contribution is 2.65. The molecule has 3 rings (SSSR count). The summed E-state index contributed by atoms with van der Waals surface area (Å²) in [6.07, 6.45) is 3.62. The number of rotatable bonds is 2. The van der Waals surface area contributed by atoms with Crippen LogP contribution in [0.15, 0.2) is 18.2 Å². The molecular formula is C18H26N2O. The number of hydrogen-bond donors (Lipinski definition) is 2. The van der Waals surface area contributed by atoms with Gasteiger partial charge >= 0.3 is 0 Å². The lowest BCUT2D eigenvalue weighted by atomic mass is 9.69. The second-order valence-corrected chi connectivity index (χ2v) is 7.71. The van der Waals surface area contributed by atoms with Crippen LogP contribution in [0.25, 0.3) is 0 Å². The van der Waals surface area contributed by atoms with Crippen molar-refractivity contribution in [2.45, 2.75) is 53.0 Å². The van der Waals surface area contributed by atoms with Gasteiger partial charge in [-0.05, 0) is 60.6 Å². The molecule has 1 amide bonds. The van der Waals surface area contributed by atoms with Gasteiger partial charge < -0.3 is 11.1 Å². The molecule has 2 fully saturated rings. The van der Waals surface area contributed by atoms with Crippen molar-refractivity contribution < 1.29 is 4.79 Å². The first-order valence-corrected chi connectivity index (χ1v) is 7.93. The van der Waals surface area contributed by atoms with Gasteiger partial charge in [-0.2, -0.15) is 0 Å². The van der Waals surface area contributed by atoms with Gasteiger partial charge in [-0.15, -0.1) is 0 Å². The highest BCUT2D eigenvalue weighted by molar-refractivity contribution is 5.95. The van der Waals surface area contributed by atoms with Gasteiger partial charge in [0.15, 0.2) is 0 Å². The Kier molecular flexibility index (Phi) is 3.09. The van der Waals surface area contributed by atoms with Crippen LogP contribution in [0, 0.1) is 23.7 Å². The average molecular weight is 286 g/mol. The molecular weight excluding hydrogens is 260 g/mol. The summed E-state index contributed by atoms with van der Waals surface area (Å²) in [7, 11) is 0. The van der Waals surface area contributed by atoms with E-state index >= 15 is 0 Å². The topological polar surface area (TPSA) is 55.1 Å². The summed E-state index contributed by atoms with van der Waals surface area (Å²) in [5, 5.41) is 3.27. The second-order valence-electron chi connectivity index (χ2n) is 7.71. The molecule has 0 heterocycles. The Bertz CT molecular complexity index is 593. The van der Waals surface area contributed by atoms with E-state index in [0.717, 1.165) is 17.9 Å². The zero-order chi connectivity index (χ0) is 15.4. The zero-order valence-corrected chi connectivity index (χ0v) is 13.5. The van der Waals surface area contributed by atoms with Gasteiger partial charge in [0.25, 0.3) is 5.91 Å². The van der Waals surface area contributed by atoms with E-state index in [1.807, 2.05) is 19.1 Å². The molecule has 2 aliphatic rings. The summed E-state index contributed by atoms with van der Waals surface area (Å²) in [4.78, 5) is 12.5. The molecule has 3 nitrogen and oxygen atoms in total. The summed E-state index contributed by atoms with van der Waals surface area (Å²) >= 11 is 0. The first-order valence-electron chi connectivity index (χ1n) is 7.93. The number of nitrogen functional groups attached to an aromatic ring is 1. The van der Waals surface area contributed by atoms with Crippen LogP contribution in [0.1, 0.15) is 56.0 Å². The van der Waals surface area contributed by atoms with Gasteiger partial charge in [0.2, 0.25) is 0 Å². The van der Waals surface area contributed by atoms with Crippen LogP contribution in [0.3, 0.4) is 0 Å². The van der Waals surface area contributed by atoms with Crippen molar-refractivity contribution in [3.05, 3.63) is 29.3 Å². The van der Waals surface area contributed by atoms with Gasteiger partial charge in [-0.25, -0.2) is 0 Å². The van der Waals surface area contributed by atoms with Crippen molar-refractivity contribution in [2.24, 2.45) is 16.7 Å². The van der Waals surface area contributed by atoms with Gasteiger partial charge in [0.05, 0.1) is 0 Å². The number of carbonyl (C=O) groups is 1. The number of amides is 1. The number of nitrogens with one attached hydrogen (secondary N) is 1. The van der Waals surface area contributed by atoms with E-state index in [9.17, 15) is 4.79 Å². The number of carbonyl (C=O) groups excluding carboxylic acids is 1. The lowest BCUT2D eigenvalue weighted by Crippen LogP contribution is -2.46. The van der Waals surface area contributed by atoms with E-state index < -0.39 is 0 Å². The van der Waals surface area contributed by atoms with Crippen molar-refractivity contribution in [3.63, 3.8) is 0 Å². The maximum absolute atomic E-state index is 12.5. The molecule has 3 unspecified atom stereocenters. The zero-order valence-electron chi connectivity index (χ0n) is 13.5. The van der Waals surface area contributed by atoms with Gasteiger partial charge in [-0.3, -0.25) is 4.79 Å². The third-order valence-electron chi connectivity index (χ3n) is 6.64. The Balaban J connectivity index is 1.79. The molecule has 2 saturated carbocycles. The van der Waals surface area contributed by atoms with Crippen LogP contribution >= 0.6 is 0 Å². The maximum atomic E-state index is 12.5. The Morgan fingerprint density at radius 1 is 1.33 bits per heavy atom. The molecule has 0 aromatic heterocycles. The van der Waals surface area contributed by atoms with Gasteiger partial charge in [0, 0.05) is 17.3 Å². The molecule has 2 bridgehead atoms. The van der Waals surface area contributed by atoms with Crippen molar-refractivity contribution in [1.82, 2.24) is 5.32 Å². The third-order valence-corrected chi connectivity index (χ3v) is 6.64. The number of anilines is 1. The van der Waals surface area contributed by atoms with E-state index in [2.05, 4.69) is 26.1 Å². The average Bonchev–Trinajstić information content (AvgIpc) is 2.75. The van der Waals surface area contributed by atoms with Crippen molar-refractivity contribution in [1.29, 1.82) is 0 Å². The quantitative estimate of drug-likeness (QED) is 0.817. The molecule has 21 heavy (non-hydrogen) atoms. The van der Waals surface area contributed by atoms with Crippen molar-refractivity contribution in [2.75, 3.05) is 5.73 Å². The standard InChI is InChI=1S/C18H26N2O/c1-11-5-6-12(9-14(11)19)16(21)20-15-10-13-7-8-18(15,4)17(13,2)3/h5-6,9,13,15H,7-8,10,19H2,1-4H3,(H,20,21). The highest BCUT2D eigenvalue weighted by atomic mass is 16.1. The summed E-state index contributed by atoms with van der Waals surface area (Å²) in [6.45, 7) is 9.02. The fourth-order valence-electron chi connectivity index (χ4n) is 4.45. The van der Waals surface area contributed by atoms with Crippen LogP contribution in [0.4, 0.5) is 5.69 Å². The Labute approximate surface area is 127 Å². The number of aryl methyl sites for hydroxylation is 1. The van der Waals surface area contributed by atoms with Crippen LogP contribution < -0.4 is 11.1 Å². The minimum absolute atomic E-state index is 0.0104. The second kappa shape index (κ2) is 4.49. The molecule has 3 atom stereocenters. The van der Waals surface area contributed by atoms with E-state index in [4.69, 9.17) is 5.73 Å². The third kappa shape index (κ3) is 1.97. The van der Waals surface area contributed by atoms with Gasteiger partial charge in [-0.1, -0.05) is 26.8 Å². The van der Waals surface area contributed by atoms with E-state index in [1.54, 1.807) is 6.07 Å². The minimum Gasteiger partial charge on any atom is -0.398 e. The molecule has 0 saturated heterocycles. The SMILES string of the molecule is Cc1ccc(C(=O)NC2CC3CCC2(C)C3(C)C)cc1N. The first kappa shape index (κ1) is 14.4. The van der Waals surface area contributed by atoms with E-state index in [1.165, 1.54) is 12.8 Å². The minimum atomic E-state index is 0.0104. The van der Waals surface area contributed by atoms with Gasteiger partial charge in [0.1, 0.15) is 0 Å². The molecule has 3 heteroatoms. The first-order chi connectivity index (χ1) is 9.75. The summed E-state index contributed by atoms with van der Waals surface area (Å²) in [5.74, 6) is 0.743. The Morgan fingerprint density at radius 2 is 2.05 bits per heavy atom. The number of hydrogen-bond acceptors (Lipinski definition) is 2. The highest BCUT2D eigenvalue weighted by Gasteiger charge is 2.61. The maximum Gasteiger partial charge on any atom is 0.251 e. The fraction of sp³-hybridized carbons (Fsp3) is 0.611. The summed E-state index contributed by atoms with van der Waals surface area (Å²) in [5.41, 5.74) is 8.81. The molecule has 0 spiro atoms. The predicted octanol–water partition coefficient (Wildman–Crippen LogP) is 3.52. The smallest absolute Gasteiger partial charge is 0.251 e. The molecule has 2 aliphatic carbocycles. The molecule has 1 aromatic carbocycles. The van der Waals surface area contributed by atoms with Crippen molar-refractivity contribution >= 4 is 11.6 Å². The lowest BCUT2D eigenvalue weighted by molar-refractivity contribution is 0.0826. The summed E-state index contributed by atoms with van der Waals surface area (Å²) in [6, 6.07) is 5.84. The molecule has 3 N–H and O–H groups in total. The van der Waals surface area contributed by atoms with Crippen LogP contribution in [0.2, 0.25) is 0 Å². The monoisotopic (exact) mass is 286 g/mol.